The maximum absolute atomic E-state index is 13.2. The molecule has 3 nitrogen and oxygen atoms in total. The molecule has 0 aromatic carbocycles. The maximum atomic E-state index is 13.2. The van der Waals surface area contributed by atoms with Crippen LogP contribution in [0.25, 0.3) is 0 Å². The number of Topliss-reactive ketones (excluding diaryl/α,β-unsaturated/α-hetero) is 1. The minimum Gasteiger partial charge on any atom is -0.456 e. The van der Waals surface area contributed by atoms with Crippen molar-refractivity contribution in [3.05, 3.63) is 0 Å². The van der Waals surface area contributed by atoms with Gasteiger partial charge in [0.1, 0.15) is 5.78 Å². The standard InChI is InChI=1S/C15H20F2O3/c1-8(14(2,16)17)20-13(19)15-5-9-3-10(6-15)12(18)11(4-9)7-15/h8-11H,3-7H2,1-2H3. The van der Waals surface area contributed by atoms with Gasteiger partial charge < -0.3 is 4.74 Å². The van der Waals surface area contributed by atoms with E-state index in [4.69, 9.17) is 4.74 Å². The molecular weight excluding hydrogens is 266 g/mol. The Labute approximate surface area is 117 Å². The second-order valence-electron chi connectivity index (χ2n) is 7.03. The van der Waals surface area contributed by atoms with Gasteiger partial charge >= 0.3 is 5.97 Å². The zero-order valence-corrected chi connectivity index (χ0v) is 11.8. The lowest BCUT2D eigenvalue weighted by Gasteiger charge is -2.54. The number of hydrogen-bond donors (Lipinski definition) is 0. The first kappa shape index (κ1) is 14.0. The predicted molar refractivity (Wildman–Crippen MR) is 67.2 cm³/mol. The molecule has 0 amide bonds. The highest BCUT2D eigenvalue weighted by atomic mass is 19.3. The van der Waals surface area contributed by atoms with Gasteiger partial charge in [0.2, 0.25) is 0 Å². The Morgan fingerprint density at radius 2 is 1.85 bits per heavy atom. The molecule has 5 heteroatoms. The zero-order valence-electron chi connectivity index (χ0n) is 11.8. The van der Waals surface area contributed by atoms with Crippen molar-refractivity contribution < 1.29 is 23.1 Å². The number of rotatable bonds is 3. The average Bonchev–Trinajstić information content (AvgIpc) is 2.33. The van der Waals surface area contributed by atoms with E-state index in [1.165, 1.54) is 6.92 Å². The van der Waals surface area contributed by atoms with Gasteiger partial charge in [-0.05, 0) is 44.9 Å². The Bertz CT molecular complexity index is 437. The SMILES string of the molecule is CC(OC(=O)C12CC3CC(C1)C(=O)C(C3)C2)C(C)(F)F. The molecule has 0 heterocycles. The number of carbonyl (C=O) groups excluding carboxylic acids is 2. The quantitative estimate of drug-likeness (QED) is 0.749. The van der Waals surface area contributed by atoms with Gasteiger partial charge in [-0.3, -0.25) is 9.59 Å². The molecule has 4 fully saturated rings. The molecule has 0 N–H and O–H groups in total. The summed E-state index contributed by atoms with van der Waals surface area (Å²) in [6.45, 7) is 1.98. The molecule has 3 atom stereocenters. The minimum atomic E-state index is -3.03. The van der Waals surface area contributed by atoms with Crippen LogP contribution in [0.5, 0.6) is 0 Å². The van der Waals surface area contributed by atoms with Gasteiger partial charge in [-0.15, -0.1) is 0 Å². The highest BCUT2D eigenvalue weighted by Crippen LogP contribution is 2.59. The summed E-state index contributed by atoms with van der Waals surface area (Å²) >= 11 is 0. The lowest BCUT2D eigenvalue weighted by atomic mass is 9.49. The number of hydrogen-bond acceptors (Lipinski definition) is 3. The van der Waals surface area contributed by atoms with Crippen molar-refractivity contribution in [2.75, 3.05) is 0 Å². The van der Waals surface area contributed by atoms with E-state index in [0.717, 1.165) is 19.8 Å². The largest absolute Gasteiger partial charge is 0.456 e. The van der Waals surface area contributed by atoms with Crippen molar-refractivity contribution in [1.29, 1.82) is 0 Å². The summed E-state index contributed by atoms with van der Waals surface area (Å²) in [5.41, 5.74) is -0.677. The molecule has 4 rings (SSSR count). The number of ether oxygens (including phenoxy) is 1. The third kappa shape index (κ3) is 2.06. The molecule has 4 aliphatic rings. The van der Waals surface area contributed by atoms with Gasteiger partial charge in [0, 0.05) is 18.8 Å². The molecule has 0 radical (unpaired) electrons. The summed E-state index contributed by atoms with van der Waals surface area (Å²) in [7, 11) is 0. The van der Waals surface area contributed by atoms with Gasteiger partial charge in [-0.2, -0.15) is 0 Å². The third-order valence-corrected chi connectivity index (χ3v) is 5.42. The molecule has 3 unspecified atom stereocenters. The normalized spacial score (nSPS) is 40.8. The molecule has 0 aromatic rings. The van der Waals surface area contributed by atoms with Crippen LogP contribution in [0, 0.1) is 23.2 Å². The monoisotopic (exact) mass is 286 g/mol. The molecule has 4 aliphatic carbocycles. The number of ketones is 1. The molecular formula is C15H20F2O3. The van der Waals surface area contributed by atoms with Crippen molar-refractivity contribution in [3.8, 4) is 0 Å². The van der Waals surface area contributed by atoms with Gasteiger partial charge in [-0.25, -0.2) is 8.78 Å². The summed E-state index contributed by atoms with van der Waals surface area (Å²) in [6, 6.07) is 0. The van der Waals surface area contributed by atoms with Crippen LogP contribution in [0.1, 0.15) is 46.0 Å². The summed E-state index contributed by atoms with van der Waals surface area (Å²) < 4.78 is 31.4. The summed E-state index contributed by atoms with van der Waals surface area (Å²) in [6.07, 6.45) is 2.01. The smallest absolute Gasteiger partial charge is 0.312 e. The lowest BCUT2D eigenvalue weighted by Crippen LogP contribution is -2.55. The van der Waals surface area contributed by atoms with Crippen LogP contribution >= 0.6 is 0 Å². The van der Waals surface area contributed by atoms with Crippen molar-refractivity contribution >= 4 is 11.8 Å². The molecule has 0 spiro atoms. The fourth-order valence-electron chi connectivity index (χ4n) is 4.39. The second kappa shape index (κ2) is 4.25. The van der Waals surface area contributed by atoms with Crippen LogP contribution in [0.4, 0.5) is 8.78 Å². The second-order valence-corrected chi connectivity index (χ2v) is 7.03. The van der Waals surface area contributed by atoms with E-state index < -0.39 is 23.4 Å². The fraction of sp³-hybridized carbons (Fsp3) is 0.867. The van der Waals surface area contributed by atoms with Gasteiger partial charge in [0.05, 0.1) is 5.41 Å². The van der Waals surface area contributed by atoms with E-state index in [1.54, 1.807) is 0 Å². The molecule has 4 bridgehead atoms. The lowest BCUT2D eigenvalue weighted by molar-refractivity contribution is -0.192. The van der Waals surface area contributed by atoms with Crippen molar-refractivity contribution in [1.82, 2.24) is 0 Å². The Balaban J connectivity index is 1.77. The first-order valence-electron chi connectivity index (χ1n) is 7.34. The topological polar surface area (TPSA) is 43.4 Å². The number of esters is 1. The van der Waals surface area contributed by atoms with Crippen molar-refractivity contribution in [2.24, 2.45) is 23.2 Å². The number of alkyl halides is 2. The van der Waals surface area contributed by atoms with Crippen LogP contribution in [0.3, 0.4) is 0 Å². The first-order valence-corrected chi connectivity index (χ1v) is 7.34. The van der Waals surface area contributed by atoms with Crippen LogP contribution in [-0.4, -0.2) is 23.8 Å². The third-order valence-electron chi connectivity index (χ3n) is 5.42. The van der Waals surface area contributed by atoms with E-state index in [1.807, 2.05) is 0 Å². The zero-order chi connectivity index (χ0) is 14.7. The van der Waals surface area contributed by atoms with E-state index in [-0.39, 0.29) is 17.6 Å². The number of carbonyl (C=O) groups is 2. The van der Waals surface area contributed by atoms with E-state index in [2.05, 4.69) is 0 Å². The molecule has 112 valence electrons. The fourth-order valence-corrected chi connectivity index (χ4v) is 4.39. The van der Waals surface area contributed by atoms with E-state index in [0.29, 0.717) is 25.2 Å². The van der Waals surface area contributed by atoms with Gasteiger partial charge in [0.15, 0.2) is 6.10 Å². The Hall–Kier alpha value is -1.00. The van der Waals surface area contributed by atoms with Crippen LogP contribution in [0.2, 0.25) is 0 Å². The summed E-state index contributed by atoms with van der Waals surface area (Å²) in [5.74, 6) is -2.99. The molecule has 20 heavy (non-hydrogen) atoms. The van der Waals surface area contributed by atoms with Crippen LogP contribution in [-0.2, 0) is 14.3 Å². The minimum absolute atomic E-state index is 0.0498. The summed E-state index contributed by atoms with van der Waals surface area (Å²) in [5, 5.41) is 0. The van der Waals surface area contributed by atoms with Gasteiger partial charge in [0.25, 0.3) is 5.92 Å². The van der Waals surface area contributed by atoms with E-state index >= 15 is 0 Å². The molecule has 4 saturated carbocycles. The number of halogens is 2. The first-order chi connectivity index (χ1) is 9.21. The van der Waals surface area contributed by atoms with Crippen LogP contribution < -0.4 is 0 Å². The summed E-state index contributed by atoms with van der Waals surface area (Å²) in [4.78, 5) is 24.4. The van der Waals surface area contributed by atoms with E-state index in [9.17, 15) is 18.4 Å². The van der Waals surface area contributed by atoms with Crippen molar-refractivity contribution in [2.45, 2.75) is 58.0 Å². The Kier molecular flexibility index (Phi) is 2.96. The van der Waals surface area contributed by atoms with Crippen LogP contribution in [0.15, 0.2) is 0 Å². The molecule has 0 saturated heterocycles. The maximum Gasteiger partial charge on any atom is 0.312 e. The highest BCUT2D eigenvalue weighted by molar-refractivity contribution is 5.89. The Morgan fingerprint density at radius 3 is 2.35 bits per heavy atom. The Morgan fingerprint density at radius 1 is 1.30 bits per heavy atom. The van der Waals surface area contributed by atoms with Crippen molar-refractivity contribution in [3.63, 3.8) is 0 Å². The van der Waals surface area contributed by atoms with Gasteiger partial charge in [-0.1, -0.05) is 0 Å². The highest BCUT2D eigenvalue weighted by Gasteiger charge is 2.59. The average molecular weight is 286 g/mol. The molecule has 0 aromatic heterocycles. The predicted octanol–water partition coefficient (Wildman–Crippen LogP) is 2.97. The molecule has 0 aliphatic heterocycles.